The molecule has 3 heteroatoms. The van der Waals surface area contributed by atoms with Crippen molar-refractivity contribution in [1.82, 2.24) is 0 Å². The molecule has 2 N–H and O–H groups in total. The summed E-state index contributed by atoms with van der Waals surface area (Å²) in [5.41, 5.74) is 0. The standard InChI is InChI=1S/C6H10O.C5H12O2/c1-3-5-7-6-4-2;6-4-2-1-3-5-7/h3-4H,1-2,5-6H2;6-7H,1-5H2. The summed E-state index contributed by atoms with van der Waals surface area (Å²) in [6, 6.07) is 0. The lowest BCUT2D eigenvalue weighted by Gasteiger charge is -1.90. The molecule has 14 heavy (non-hydrogen) atoms. The third kappa shape index (κ3) is 22.5. The van der Waals surface area contributed by atoms with Gasteiger partial charge in [0.15, 0.2) is 0 Å². The quantitative estimate of drug-likeness (QED) is 0.463. The van der Waals surface area contributed by atoms with Gasteiger partial charge in [-0.25, -0.2) is 0 Å². The van der Waals surface area contributed by atoms with Crippen LogP contribution < -0.4 is 0 Å². The highest BCUT2D eigenvalue weighted by atomic mass is 16.5. The van der Waals surface area contributed by atoms with Crippen molar-refractivity contribution in [3.63, 3.8) is 0 Å². The lowest BCUT2D eigenvalue weighted by Crippen LogP contribution is -1.87. The molecule has 0 saturated heterocycles. The third-order valence-corrected chi connectivity index (χ3v) is 1.29. The van der Waals surface area contributed by atoms with Crippen molar-refractivity contribution in [2.45, 2.75) is 19.3 Å². The second kappa shape index (κ2) is 18.2. The first-order valence-corrected chi connectivity index (χ1v) is 4.84. The van der Waals surface area contributed by atoms with Gasteiger partial charge in [0.2, 0.25) is 0 Å². The van der Waals surface area contributed by atoms with Gasteiger partial charge in [0, 0.05) is 13.2 Å². The highest BCUT2D eigenvalue weighted by Gasteiger charge is 1.81. The number of ether oxygens (including phenoxy) is 1. The molecule has 84 valence electrons. The second-order valence-electron chi connectivity index (χ2n) is 2.62. The summed E-state index contributed by atoms with van der Waals surface area (Å²) in [6.07, 6.45) is 6.00. The first kappa shape index (κ1) is 15.8. The maximum absolute atomic E-state index is 8.21. The van der Waals surface area contributed by atoms with Gasteiger partial charge in [0.05, 0.1) is 13.2 Å². The van der Waals surface area contributed by atoms with Crippen LogP contribution in [0.1, 0.15) is 19.3 Å². The molecule has 0 rings (SSSR count). The Bertz CT molecular complexity index is 101. The molecule has 0 radical (unpaired) electrons. The maximum atomic E-state index is 8.21. The lowest BCUT2D eigenvalue weighted by atomic mass is 10.2. The van der Waals surface area contributed by atoms with E-state index in [2.05, 4.69) is 13.2 Å². The van der Waals surface area contributed by atoms with Gasteiger partial charge >= 0.3 is 0 Å². The van der Waals surface area contributed by atoms with Gasteiger partial charge in [-0.2, -0.15) is 0 Å². The molecule has 0 saturated carbocycles. The zero-order chi connectivity index (χ0) is 11.1. The predicted molar refractivity (Wildman–Crippen MR) is 59.2 cm³/mol. The summed E-state index contributed by atoms with van der Waals surface area (Å²) < 4.78 is 4.90. The van der Waals surface area contributed by atoms with Crippen LogP contribution in [0, 0.1) is 0 Å². The van der Waals surface area contributed by atoms with Gasteiger partial charge in [-0.3, -0.25) is 0 Å². The van der Waals surface area contributed by atoms with Crippen molar-refractivity contribution >= 4 is 0 Å². The molecule has 0 fully saturated rings. The van der Waals surface area contributed by atoms with Crippen LogP contribution in [0.4, 0.5) is 0 Å². The van der Waals surface area contributed by atoms with Crippen molar-refractivity contribution in [3.8, 4) is 0 Å². The van der Waals surface area contributed by atoms with E-state index in [1.807, 2.05) is 0 Å². The zero-order valence-corrected chi connectivity index (χ0v) is 8.82. The van der Waals surface area contributed by atoms with Crippen LogP contribution >= 0.6 is 0 Å². The van der Waals surface area contributed by atoms with E-state index < -0.39 is 0 Å². The van der Waals surface area contributed by atoms with Crippen LogP contribution in [0.3, 0.4) is 0 Å². The average Bonchev–Trinajstić information content (AvgIpc) is 2.21. The lowest BCUT2D eigenvalue weighted by molar-refractivity contribution is 0.194. The fraction of sp³-hybridized carbons (Fsp3) is 0.636. The van der Waals surface area contributed by atoms with Gasteiger partial charge in [0.25, 0.3) is 0 Å². The second-order valence-corrected chi connectivity index (χ2v) is 2.62. The van der Waals surface area contributed by atoms with Crippen LogP contribution in [0.25, 0.3) is 0 Å². The van der Waals surface area contributed by atoms with Gasteiger partial charge < -0.3 is 14.9 Å². The van der Waals surface area contributed by atoms with Gasteiger partial charge in [-0.1, -0.05) is 12.2 Å². The van der Waals surface area contributed by atoms with Crippen LogP contribution in [0.15, 0.2) is 25.3 Å². The largest absolute Gasteiger partial charge is 0.396 e. The van der Waals surface area contributed by atoms with E-state index in [-0.39, 0.29) is 13.2 Å². The fourth-order valence-corrected chi connectivity index (χ4v) is 0.635. The molecule has 0 aromatic carbocycles. The smallest absolute Gasteiger partial charge is 0.0649 e. The Hall–Kier alpha value is -0.640. The summed E-state index contributed by atoms with van der Waals surface area (Å²) in [7, 11) is 0. The molecular formula is C11H22O3. The van der Waals surface area contributed by atoms with E-state index in [0.29, 0.717) is 13.2 Å². The molecule has 0 unspecified atom stereocenters. The molecular weight excluding hydrogens is 180 g/mol. The van der Waals surface area contributed by atoms with Gasteiger partial charge in [0.1, 0.15) is 0 Å². The molecule has 0 amide bonds. The average molecular weight is 202 g/mol. The van der Waals surface area contributed by atoms with E-state index in [1.54, 1.807) is 12.2 Å². The van der Waals surface area contributed by atoms with Gasteiger partial charge in [-0.05, 0) is 19.3 Å². The summed E-state index contributed by atoms with van der Waals surface area (Å²) in [5.74, 6) is 0. The maximum Gasteiger partial charge on any atom is 0.0649 e. The molecule has 0 heterocycles. The van der Waals surface area contributed by atoms with Crippen LogP contribution in [-0.2, 0) is 4.74 Å². The van der Waals surface area contributed by atoms with Crippen molar-refractivity contribution in [3.05, 3.63) is 25.3 Å². The highest BCUT2D eigenvalue weighted by Crippen LogP contribution is 1.90. The van der Waals surface area contributed by atoms with Crippen LogP contribution in [-0.4, -0.2) is 36.6 Å². The number of rotatable bonds is 8. The fourth-order valence-electron chi connectivity index (χ4n) is 0.635. The Labute approximate surface area is 86.7 Å². The molecule has 0 atom stereocenters. The predicted octanol–water partition coefficient (Wildman–Crippen LogP) is 1.52. The third-order valence-electron chi connectivity index (χ3n) is 1.29. The van der Waals surface area contributed by atoms with E-state index in [4.69, 9.17) is 14.9 Å². The van der Waals surface area contributed by atoms with Crippen molar-refractivity contribution in [1.29, 1.82) is 0 Å². The number of aliphatic hydroxyl groups excluding tert-OH is 2. The first-order valence-electron chi connectivity index (χ1n) is 4.84. The Balaban J connectivity index is 0. The Morgan fingerprint density at radius 2 is 1.29 bits per heavy atom. The normalized spacial score (nSPS) is 8.71. The summed E-state index contributed by atoms with van der Waals surface area (Å²) >= 11 is 0. The summed E-state index contributed by atoms with van der Waals surface area (Å²) in [5, 5.41) is 16.4. The van der Waals surface area contributed by atoms with Crippen molar-refractivity contribution in [2.75, 3.05) is 26.4 Å². The number of aliphatic hydroxyl groups is 2. The van der Waals surface area contributed by atoms with E-state index in [1.165, 1.54) is 0 Å². The number of unbranched alkanes of at least 4 members (excludes halogenated alkanes) is 2. The Kier molecular flexibility index (Phi) is 20.6. The van der Waals surface area contributed by atoms with Crippen molar-refractivity contribution in [2.24, 2.45) is 0 Å². The molecule has 0 aromatic heterocycles. The zero-order valence-electron chi connectivity index (χ0n) is 8.82. The van der Waals surface area contributed by atoms with E-state index in [0.717, 1.165) is 19.3 Å². The molecule has 3 nitrogen and oxygen atoms in total. The SMILES string of the molecule is C=CCOCC=C.OCCCCCO. The topological polar surface area (TPSA) is 49.7 Å². The Morgan fingerprint density at radius 3 is 1.57 bits per heavy atom. The number of hydrogen-bond acceptors (Lipinski definition) is 3. The number of hydrogen-bond donors (Lipinski definition) is 2. The minimum absolute atomic E-state index is 0.250. The minimum Gasteiger partial charge on any atom is -0.396 e. The van der Waals surface area contributed by atoms with E-state index in [9.17, 15) is 0 Å². The van der Waals surface area contributed by atoms with Crippen LogP contribution in [0.2, 0.25) is 0 Å². The molecule has 0 aliphatic carbocycles. The Morgan fingerprint density at radius 1 is 0.857 bits per heavy atom. The summed E-state index contributed by atoms with van der Waals surface area (Å²) in [6.45, 7) is 8.68. The highest BCUT2D eigenvalue weighted by molar-refractivity contribution is 4.68. The van der Waals surface area contributed by atoms with Gasteiger partial charge in [-0.15, -0.1) is 13.2 Å². The summed E-state index contributed by atoms with van der Waals surface area (Å²) in [4.78, 5) is 0. The van der Waals surface area contributed by atoms with Crippen molar-refractivity contribution < 1.29 is 14.9 Å². The van der Waals surface area contributed by atoms with E-state index >= 15 is 0 Å². The molecule has 0 aliphatic rings. The molecule has 0 bridgehead atoms. The molecule has 0 spiro atoms. The minimum atomic E-state index is 0.250. The molecule has 0 aromatic rings. The first-order chi connectivity index (χ1) is 6.83. The monoisotopic (exact) mass is 202 g/mol. The molecule has 0 aliphatic heterocycles. The van der Waals surface area contributed by atoms with Crippen LogP contribution in [0.5, 0.6) is 0 Å².